The van der Waals surface area contributed by atoms with Crippen LogP contribution in [0.3, 0.4) is 0 Å². The minimum atomic E-state index is 0.562. The summed E-state index contributed by atoms with van der Waals surface area (Å²) in [6.45, 7) is 0. The molecule has 0 spiro atoms. The Kier molecular flexibility index (Phi) is 6.49. The van der Waals surface area contributed by atoms with Gasteiger partial charge in [0.25, 0.3) is 0 Å². The third-order valence-corrected chi connectivity index (χ3v) is 9.94. The number of benzene rings is 5. The molecule has 0 saturated carbocycles. The molecule has 0 radical (unpaired) electrons. The summed E-state index contributed by atoms with van der Waals surface area (Å²) in [6.07, 6.45) is 13.0. The number of hydrogen-bond donors (Lipinski definition) is 0. The van der Waals surface area contributed by atoms with Gasteiger partial charge in [-0.3, -0.25) is 0 Å². The molecule has 7 aromatic rings. The summed E-state index contributed by atoms with van der Waals surface area (Å²) in [6, 6.07) is 42.6. The standard InChI is InChI=1S/C44H30N4/c45-27-29-20-23-44(48-42-18-7-3-14-37(42)38-15-4-8-19-43(38)48)39(24-29)34-22-21-31(25-32(34)28-46)30-10-9-11-33(26-30)47-40-16-5-1-12-35(40)36-13-2-6-17-41(36)47/h1-3,5,7-14,16,18-26H,4,6,15,17H2. The van der Waals surface area contributed by atoms with Crippen LogP contribution in [0.4, 0.5) is 0 Å². The molecule has 0 aliphatic heterocycles. The van der Waals surface area contributed by atoms with Gasteiger partial charge in [0.2, 0.25) is 0 Å². The molecule has 9 rings (SSSR count). The number of aryl methyl sites for hydroxylation is 1. The van der Waals surface area contributed by atoms with E-state index in [-0.39, 0.29) is 0 Å². The Hall–Kier alpha value is -6.36. The summed E-state index contributed by atoms with van der Waals surface area (Å²) in [7, 11) is 0. The van der Waals surface area contributed by atoms with E-state index in [0.717, 1.165) is 70.5 Å². The van der Waals surface area contributed by atoms with E-state index in [1.165, 1.54) is 33.1 Å². The number of aromatic nitrogens is 2. The van der Waals surface area contributed by atoms with Gasteiger partial charge in [0, 0.05) is 44.5 Å². The minimum absolute atomic E-state index is 0.562. The number of nitrogens with zero attached hydrogens (tertiary/aromatic N) is 4. The van der Waals surface area contributed by atoms with Crippen LogP contribution in [0, 0.1) is 22.7 Å². The van der Waals surface area contributed by atoms with Crippen molar-refractivity contribution in [1.29, 1.82) is 10.5 Å². The third-order valence-electron chi connectivity index (χ3n) is 9.94. The lowest BCUT2D eigenvalue weighted by Gasteiger charge is -2.18. The first-order valence-electron chi connectivity index (χ1n) is 16.5. The zero-order chi connectivity index (χ0) is 32.2. The Morgan fingerprint density at radius 3 is 2.21 bits per heavy atom. The number of nitriles is 2. The van der Waals surface area contributed by atoms with E-state index in [4.69, 9.17) is 0 Å². The van der Waals surface area contributed by atoms with Gasteiger partial charge >= 0.3 is 0 Å². The van der Waals surface area contributed by atoms with Gasteiger partial charge in [-0.2, -0.15) is 10.5 Å². The molecule has 2 heterocycles. The van der Waals surface area contributed by atoms with E-state index in [1.807, 2.05) is 30.3 Å². The SMILES string of the molecule is N#Cc1ccc(-n2c3c(c4ccccc42)CCC=C3)c(-c2ccc(-c3cccc(-n4c5c(c6ccccc64)C=CCC5)c3)cc2C#N)c1. The molecule has 48 heavy (non-hydrogen) atoms. The molecule has 0 bridgehead atoms. The van der Waals surface area contributed by atoms with Gasteiger partial charge in [-0.1, -0.05) is 78.9 Å². The van der Waals surface area contributed by atoms with Crippen LogP contribution in [0.15, 0.2) is 121 Å². The number of allylic oxidation sites excluding steroid dienone is 2. The molecule has 0 fully saturated rings. The maximum Gasteiger partial charge on any atom is 0.0998 e. The summed E-state index contributed by atoms with van der Waals surface area (Å²) >= 11 is 0. The normalized spacial score (nSPS) is 13.3. The van der Waals surface area contributed by atoms with Gasteiger partial charge in [-0.25, -0.2) is 0 Å². The van der Waals surface area contributed by atoms with E-state index in [0.29, 0.717) is 11.1 Å². The van der Waals surface area contributed by atoms with Crippen molar-refractivity contribution in [3.63, 3.8) is 0 Å². The van der Waals surface area contributed by atoms with Crippen molar-refractivity contribution < 1.29 is 0 Å². The van der Waals surface area contributed by atoms with Crippen LogP contribution in [-0.4, -0.2) is 9.13 Å². The molecule has 4 heteroatoms. The lowest BCUT2D eigenvalue weighted by molar-refractivity contribution is 0.889. The molecule has 2 aromatic heterocycles. The second kappa shape index (κ2) is 11.2. The Labute approximate surface area is 279 Å². The van der Waals surface area contributed by atoms with Crippen molar-refractivity contribution in [3.8, 4) is 45.8 Å². The highest BCUT2D eigenvalue weighted by Crippen LogP contribution is 2.40. The van der Waals surface area contributed by atoms with Crippen LogP contribution in [-0.2, 0) is 12.8 Å². The number of fused-ring (bicyclic) bond motifs is 6. The third kappa shape index (κ3) is 4.28. The highest BCUT2D eigenvalue weighted by Gasteiger charge is 2.22. The van der Waals surface area contributed by atoms with Crippen LogP contribution in [0.1, 0.15) is 46.5 Å². The molecule has 226 valence electrons. The quantitative estimate of drug-likeness (QED) is 0.198. The summed E-state index contributed by atoms with van der Waals surface area (Å²) in [4.78, 5) is 0. The Morgan fingerprint density at radius 1 is 0.583 bits per heavy atom. The predicted octanol–water partition coefficient (Wildman–Crippen LogP) is 10.6. The zero-order valence-electron chi connectivity index (χ0n) is 26.3. The smallest absolute Gasteiger partial charge is 0.0998 e. The fourth-order valence-corrected chi connectivity index (χ4v) is 7.80. The molecule has 2 aliphatic carbocycles. The van der Waals surface area contributed by atoms with Gasteiger partial charge in [-0.05, 0) is 97.0 Å². The molecule has 0 unspecified atom stereocenters. The summed E-state index contributed by atoms with van der Waals surface area (Å²) in [5.41, 5.74) is 14.4. The Balaban J connectivity index is 1.19. The van der Waals surface area contributed by atoms with Crippen LogP contribution in [0.2, 0.25) is 0 Å². The average Bonchev–Trinajstić information content (AvgIpc) is 3.67. The predicted molar refractivity (Wildman–Crippen MR) is 195 cm³/mol. The van der Waals surface area contributed by atoms with Crippen LogP contribution in [0.5, 0.6) is 0 Å². The zero-order valence-corrected chi connectivity index (χ0v) is 26.3. The van der Waals surface area contributed by atoms with Crippen molar-refractivity contribution in [3.05, 3.63) is 155 Å². The van der Waals surface area contributed by atoms with Gasteiger partial charge in [0.1, 0.15) is 0 Å². The maximum absolute atomic E-state index is 10.6. The van der Waals surface area contributed by atoms with Crippen molar-refractivity contribution in [2.45, 2.75) is 25.7 Å². The first-order valence-corrected chi connectivity index (χ1v) is 16.5. The van der Waals surface area contributed by atoms with Gasteiger partial charge in [-0.15, -0.1) is 0 Å². The van der Waals surface area contributed by atoms with Crippen molar-refractivity contribution in [2.75, 3.05) is 0 Å². The topological polar surface area (TPSA) is 57.4 Å². The second-order valence-electron chi connectivity index (χ2n) is 12.6. The number of para-hydroxylation sites is 2. The Morgan fingerprint density at radius 2 is 1.35 bits per heavy atom. The lowest BCUT2D eigenvalue weighted by atomic mass is 9.93. The summed E-state index contributed by atoms with van der Waals surface area (Å²) in [5.74, 6) is 0. The maximum atomic E-state index is 10.6. The molecule has 0 amide bonds. The molecule has 0 saturated heterocycles. The number of rotatable bonds is 4. The molecule has 4 nitrogen and oxygen atoms in total. The highest BCUT2D eigenvalue weighted by atomic mass is 15.0. The van der Waals surface area contributed by atoms with E-state index < -0.39 is 0 Å². The van der Waals surface area contributed by atoms with E-state index >= 15 is 0 Å². The van der Waals surface area contributed by atoms with Crippen LogP contribution < -0.4 is 0 Å². The molecular formula is C44H30N4. The molecule has 0 N–H and O–H groups in total. The largest absolute Gasteiger partial charge is 0.313 e. The van der Waals surface area contributed by atoms with Gasteiger partial charge in [0.15, 0.2) is 0 Å². The lowest BCUT2D eigenvalue weighted by Crippen LogP contribution is -2.03. The van der Waals surface area contributed by atoms with Crippen molar-refractivity contribution in [1.82, 2.24) is 9.13 Å². The van der Waals surface area contributed by atoms with Crippen molar-refractivity contribution >= 4 is 34.0 Å². The van der Waals surface area contributed by atoms with Crippen LogP contribution >= 0.6 is 0 Å². The van der Waals surface area contributed by atoms with Gasteiger partial charge < -0.3 is 9.13 Å². The van der Waals surface area contributed by atoms with Crippen LogP contribution in [0.25, 0.3) is 67.6 Å². The average molecular weight is 615 g/mol. The van der Waals surface area contributed by atoms with E-state index in [1.54, 1.807) is 0 Å². The minimum Gasteiger partial charge on any atom is -0.313 e. The number of hydrogen-bond acceptors (Lipinski definition) is 2. The second-order valence-corrected chi connectivity index (χ2v) is 12.6. The fourth-order valence-electron chi connectivity index (χ4n) is 7.80. The Bertz CT molecular complexity index is 2590. The van der Waals surface area contributed by atoms with E-state index in [2.05, 4.69) is 124 Å². The molecular weight excluding hydrogens is 585 g/mol. The molecule has 5 aromatic carbocycles. The van der Waals surface area contributed by atoms with Gasteiger partial charge in [0.05, 0.1) is 40.0 Å². The molecule has 0 atom stereocenters. The first-order chi connectivity index (χ1) is 23.7. The first kappa shape index (κ1) is 27.9. The monoisotopic (exact) mass is 614 g/mol. The summed E-state index contributed by atoms with van der Waals surface area (Å²) in [5, 5.41) is 23.0. The fraction of sp³-hybridized carbons (Fsp3) is 0.0909. The van der Waals surface area contributed by atoms with E-state index in [9.17, 15) is 10.5 Å². The van der Waals surface area contributed by atoms with Crippen molar-refractivity contribution in [2.24, 2.45) is 0 Å². The highest BCUT2D eigenvalue weighted by molar-refractivity contribution is 5.95. The summed E-state index contributed by atoms with van der Waals surface area (Å²) < 4.78 is 4.69. The molecule has 2 aliphatic rings.